The van der Waals surface area contributed by atoms with E-state index < -0.39 is 0 Å². The molecule has 2 aromatic rings. The van der Waals surface area contributed by atoms with E-state index in [1.165, 1.54) is 6.33 Å². The Morgan fingerprint density at radius 3 is 2.57 bits per heavy atom. The third-order valence-corrected chi connectivity index (χ3v) is 3.78. The molecule has 0 amide bonds. The summed E-state index contributed by atoms with van der Waals surface area (Å²) < 4.78 is 0.771. The number of hydrogen-bond donors (Lipinski definition) is 3. The molecule has 1 unspecified atom stereocenters. The van der Waals surface area contributed by atoms with Crippen LogP contribution < -0.4 is 10.6 Å². The lowest BCUT2D eigenvalue weighted by Crippen LogP contribution is -2.16. The highest BCUT2D eigenvalue weighted by Crippen LogP contribution is 2.29. The van der Waals surface area contributed by atoms with Gasteiger partial charge in [-0.1, -0.05) is 37.3 Å². The lowest BCUT2D eigenvalue weighted by Gasteiger charge is -2.19. The van der Waals surface area contributed by atoms with Crippen LogP contribution in [0.1, 0.15) is 24.9 Å². The molecule has 0 aliphatic heterocycles. The highest BCUT2D eigenvalue weighted by molar-refractivity contribution is 9.10. The molecule has 6 heteroatoms. The molecule has 21 heavy (non-hydrogen) atoms. The molecular formula is C15H19BrN4O. The molecule has 1 aromatic carbocycles. The first-order valence-electron chi connectivity index (χ1n) is 6.93. The third kappa shape index (κ3) is 4.15. The summed E-state index contributed by atoms with van der Waals surface area (Å²) in [4.78, 5) is 8.45. The van der Waals surface area contributed by atoms with Gasteiger partial charge in [-0.3, -0.25) is 0 Å². The van der Waals surface area contributed by atoms with E-state index in [-0.39, 0.29) is 12.6 Å². The van der Waals surface area contributed by atoms with Crippen LogP contribution in [-0.4, -0.2) is 28.2 Å². The Labute approximate surface area is 133 Å². The zero-order valence-corrected chi connectivity index (χ0v) is 13.5. The minimum absolute atomic E-state index is 0.0157. The van der Waals surface area contributed by atoms with Crippen molar-refractivity contribution in [2.45, 2.75) is 19.4 Å². The van der Waals surface area contributed by atoms with Gasteiger partial charge in [0.15, 0.2) is 0 Å². The Balaban J connectivity index is 2.18. The van der Waals surface area contributed by atoms with Crippen LogP contribution in [0, 0.1) is 0 Å². The second-order valence-corrected chi connectivity index (χ2v) is 5.39. The van der Waals surface area contributed by atoms with Crippen molar-refractivity contribution in [1.82, 2.24) is 9.97 Å². The smallest absolute Gasteiger partial charge is 0.146 e. The highest BCUT2D eigenvalue weighted by Gasteiger charge is 2.14. The van der Waals surface area contributed by atoms with Crippen molar-refractivity contribution in [3.8, 4) is 0 Å². The van der Waals surface area contributed by atoms with E-state index in [2.05, 4.69) is 43.5 Å². The lowest BCUT2D eigenvalue weighted by molar-refractivity contribution is 0.276. The molecule has 0 aliphatic rings. The van der Waals surface area contributed by atoms with E-state index in [9.17, 15) is 5.11 Å². The minimum Gasteiger partial charge on any atom is -0.394 e. The first-order chi connectivity index (χ1) is 10.3. The van der Waals surface area contributed by atoms with Crippen molar-refractivity contribution in [1.29, 1.82) is 0 Å². The number of halogens is 1. The van der Waals surface area contributed by atoms with E-state index in [1.54, 1.807) is 0 Å². The summed E-state index contributed by atoms with van der Waals surface area (Å²) in [5, 5.41) is 16.1. The zero-order chi connectivity index (χ0) is 15.1. The number of nitrogens with zero attached hydrogens (tertiary/aromatic N) is 2. The van der Waals surface area contributed by atoms with Gasteiger partial charge in [0.25, 0.3) is 0 Å². The summed E-state index contributed by atoms with van der Waals surface area (Å²) in [5.41, 5.74) is 1.01. The summed E-state index contributed by atoms with van der Waals surface area (Å²) in [6.45, 7) is 2.92. The molecule has 0 spiro atoms. The van der Waals surface area contributed by atoms with E-state index in [0.29, 0.717) is 5.82 Å². The Hall–Kier alpha value is -1.66. The molecule has 0 fully saturated rings. The predicted octanol–water partition coefficient (Wildman–Crippen LogP) is 3.21. The van der Waals surface area contributed by atoms with Crippen molar-refractivity contribution >= 4 is 27.6 Å². The second kappa shape index (κ2) is 7.95. The van der Waals surface area contributed by atoms with Crippen molar-refractivity contribution in [3.63, 3.8) is 0 Å². The molecule has 2 rings (SSSR count). The summed E-state index contributed by atoms with van der Waals surface area (Å²) in [7, 11) is 0. The van der Waals surface area contributed by atoms with Gasteiger partial charge in [0.2, 0.25) is 0 Å². The van der Waals surface area contributed by atoms with E-state index in [4.69, 9.17) is 0 Å². The van der Waals surface area contributed by atoms with Gasteiger partial charge in [0.1, 0.15) is 22.4 Å². The zero-order valence-electron chi connectivity index (χ0n) is 11.9. The molecule has 0 bridgehead atoms. The van der Waals surface area contributed by atoms with E-state index in [1.807, 2.05) is 30.3 Å². The first-order valence-corrected chi connectivity index (χ1v) is 7.72. The Morgan fingerprint density at radius 2 is 1.90 bits per heavy atom. The monoisotopic (exact) mass is 350 g/mol. The molecule has 112 valence electrons. The minimum atomic E-state index is -0.212. The number of nitrogens with one attached hydrogen (secondary N) is 2. The molecule has 0 saturated carbocycles. The van der Waals surface area contributed by atoms with Crippen LogP contribution in [0.3, 0.4) is 0 Å². The molecule has 1 aromatic heterocycles. The fourth-order valence-corrected chi connectivity index (χ4v) is 2.38. The fraction of sp³-hybridized carbons (Fsp3) is 0.333. The Bertz CT molecular complexity index is 565. The van der Waals surface area contributed by atoms with Crippen LogP contribution in [0.5, 0.6) is 0 Å². The maximum absolute atomic E-state index is 9.61. The molecule has 0 radical (unpaired) electrons. The van der Waals surface area contributed by atoms with Gasteiger partial charge >= 0.3 is 0 Å². The second-order valence-electron chi connectivity index (χ2n) is 4.60. The number of aliphatic hydroxyl groups excluding tert-OH is 1. The number of rotatable bonds is 7. The van der Waals surface area contributed by atoms with Crippen molar-refractivity contribution in [2.24, 2.45) is 0 Å². The number of anilines is 2. The lowest BCUT2D eigenvalue weighted by atomic mass is 10.1. The highest BCUT2D eigenvalue weighted by atomic mass is 79.9. The van der Waals surface area contributed by atoms with Gasteiger partial charge in [-0.15, -0.1) is 0 Å². The Morgan fingerprint density at radius 1 is 1.19 bits per heavy atom. The molecule has 1 atom stereocenters. The molecule has 3 N–H and O–H groups in total. The molecular weight excluding hydrogens is 332 g/mol. The summed E-state index contributed by atoms with van der Waals surface area (Å²) >= 11 is 3.51. The van der Waals surface area contributed by atoms with Crippen LogP contribution in [0.4, 0.5) is 11.6 Å². The molecule has 0 saturated heterocycles. The number of aromatic nitrogens is 2. The van der Waals surface area contributed by atoms with Gasteiger partial charge in [0.05, 0.1) is 12.6 Å². The van der Waals surface area contributed by atoms with Crippen LogP contribution in [0.15, 0.2) is 41.1 Å². The largest absolute Gasteiger partial charge is 0.394 e. The number of aliphatic hydroxyl groups is 1. The van der Waals surface area contributed by atoms with Gasteiger partial charge in [-0.25, -0.2) is 9.97 Å². The Kier molecular flexibility index (Phi) is 5.95. The van der Waals surface area contributed by atoms with Gasteiger partial charge in [0, 0.05) is 6.54 Å². The average molecular weight is 351 g/mol. The van der Waals surface area contributed by atoms with Gasteiger partial charge in [-0.2, -0.15) is 0 Å². The maximum Gasteiger partial charge on any atom is 0.146 e. The summed E-state index contributed by atoms with van der Waals surface area (Å²) in [6.07, 6.45) is 2.52. The fourth-order valence-electron chi connectivity index (χ4n) is 1.92. The molecule has 1 heterocycles. The van der Waals surface area contributed by atoms with Crippen LogP contribution in [0.2, 0.25) is 0 Å². The quantitative estimate of drug-likeness (QED) is 0.715. The van der Waals surface area contributed by atoms with Gasteiger partial charge < -0.3 is 15.7 Å². The third-order valence-electron chi connectivity index (χ3n) is 3.03. The van der Waals surface area contributed by atoms with Crippen LogP contribution in [0.25, 0.3) is 0 Å². The van der Waals surface area contributed by atoms with Crippen LogP contribution in [-0.2, 0) is 0 Å². The molecule has 0 aliphatic carbocycles. The SMILES string of the molecule is CCCNc1ncnc(NC(CO)c2ccccc2)c1Br. The van der Waals surface area contributed by atoms with E-state index >= 15 is 0 Å². The van der Waals surface area contributed by atoms with Gasteiger partial charge in [-0.05, 0) is 27.9 Å². The average Bonchev–Trinajstić information content (AvgIpc) is 2.53. The normalized spacial score (nSPS) is 12.0. The van der Waals surface area contributed by atoms with Crippen molar-refractivity contribution < 1.29 is 5.11 Å². The number of hydrogen-bond acceptors (Lipinski definition) is 5. The standard InChI is InChI=1S/C15H19BrN4O/c1-2-8-17-14-13(16)15(19-10-18-14)20-12(9-21)11-6-4-3-5-7-11/h3-7,10,12,21H,2,8-9H2,1H3,(H2,17,18,19,20). The first kappa shape index (κ1) is 15.7. The summed E-state index contributed by atoms with van der Waals surface area (Å²) in [6, 6.07) is 9.58. The number of benzene rings is 1. The molecule has 5 nitrogen and oxygen atoms in total. The van der Waals surface area contributed by atoms with E-state index in [0.717, 1.165) is 28.8 Å². The van der Waals surface area contributed by atoms with Crippen molar-refractivity contribution in [3.05, 3.63) is 46.7 Å². The predicted molar refractivity (Wildman–Crippen MR) is 88.4 cm³/mol. The summed E-state index contributed by atoms with van der Waals surface area (Å²) in [5.74, 6) is 1.41. The van der Waals surface area contributed by atoms with Crippen LogP contribution >= 0.6 is 15.9 Å². The van der Waals surface area contributed by atoms with Crippen molar-refractivity contribution in [2.75, 3.05) is 23.8 Å². The maximum atomic E-state index is 9.61. The topological polar surface area (TPSA) is 70.1 Å².